The molecule has 0 fully saturated rings. The molecule has 1 aromatic carbocycles. The Morgan fingerprint density at radius 2 is 2.22 bits per heavy atom. The van der Waals surface area contributed by atoms with Gasteiger partial charge in [-0.1, -0.05) is 12.1 Å². The van der Waals surface area contributed by atoms with Gasteiger partial charge in [0.15, 0.2) is 0 Å². The fourth-order valence-electron chi connectivity index (χ4n) is 2.16. The number of aromatic nitrogens is 1. The number of fused-ring (bicyclic) bond motifs is 1. The minimum absolute atomic E-state index is 0.0226. The summed E-state index contributed by atoms with van der Waals surface area (Å²) in [5.74, 6) is -0.0953. The summed E-state index contributed by atoms with van der Waals surface area (Å²) in [7, 11) is 2.04. The average Bonchev–Trinajstić information content (AvgIpc) is 2.66. The number of alkyl halides is 1. The highest BCUT2D eigenvalue weighted by Crippen LogP contribution is 2.22. The lowest BCUT2D eigenvalue weighted by molar-refractivity contribution is -0.118. The van der Waals surface area contributed by atoms with E-state index in [0.29, 0.717) is 6.54 Å². The van der Waals surface area contributed by atoms with Crippen LogP contribution in [0.25, 0.3) is 10.9 Å². The largest absolute Gasteiger partial charge is 0.355 e. The highest BCUT2D eigenvalue weighted by atomic mass is 35.5. The Hall–Kier alpha value is -1.48. The second-order valence-electron chi connectivity index (χ2n) is 4.52. The number of carbonyl (C=O) groups is 1. The van der Waals surface area contributed by atoms with Gasteiger partial charge in [0.2, 0.25) is 5.91 Å². The van der Waals surface area contributed by atoms with Crippen LogP contribution in [0.5, 0.6) is 0 Å². The maximum absolute atomic E-state index is 11.1. The Morgan fingerprint density at radius 3 is 2.94 bits per heavy atom. The standard InChI is InChI=1S/C14H17ClN2O/c1-10-3-4-12-11(5-6-16-14(18)8-15)9-17(2)13(12)7-10/h3-4,7,9H,5-6,8H2,1-2H3,(H,16,18). The first-order valence-corrected chi connectivity index (χ1v) is 6.52. The van der Waals surface area contributed by atoms with Gasteiger partial charge in [0.05, 0.1) is 0 Å². The first-order chi connectivity index (χ1) is 8.61. The van der Waals surface area contributed by atoms with Gasteiger partial charge in [0, 0.05) is 30.7 Å². The molecule has 0 spiro atoms. The molecule has 4 heteroatoms. The van der Waals surface area contributed by atoms with Crippen LogP contribution in [-0.2, 0) is 18.3 Å². The summed E-state index contributed by atoms with van der Waals surface area (Å²) in [6.45, 7) is 2.71. The number of rotatable bonds is 4. The van der Waals surface area contributed by atoms with Crippen LogP contribution in [0.4, 0.5) is 0 Å². The zero-order valence-corrected chi connectivity index (χ0v) is 11.4. The molecule has 96 valence electrons. The van der Waals surface area contributed by atoms with Gasteiger partial charge in [-0.15, -0.1) is 11.6 Å². The number of benzene rings is 1. The van der Waals surface area contributed by atoms with Crippen LogP contribution in [-0.4, -0.2) is 22.9 Å². The van der Waals surface area contributed by atoms with E-state index in [-0.39, 0.29) is 11.8 Å². The van der Waals surface area contributed by atoms with E-state index in [1.54, 1.807) is 0 Å². The molecular formula is C14H17ClN2O. The highest BCUT2D eigenvalue weighted by Gasteiger charge is 2.07. The van der Waals surface area contributed by atoms with Crippen molar-refractivity contribution in [1.82, 2.24) is 9.88 Å². The van der Waals surface area contributed by atoms with Gasteiger partial charge in [0.1, 0.15) is 5.88 Å². The Kier molecular flexibility index (Phi) is 3.92. The van der Waals surface area contributed by atoms with Crippen molar-refractivity contribution in [3.05, 3.63) is 35.5 Å². The number of hydrogen-bond donors (Lipinski definition) is 1. The maximum Gasteiger partial charge on any atom is 0.234 e. The van der Waals surface area contributed by atoms with Crippen molar-refractivity contribution in [2.75, 3.05) is 12.4 Å². The second-order valence-corrected chi connectivity index (χ2v) is 4.79. The molecule has 2 aromatic rings. The van der Waals surface area contributed by atoms with Crippen molar-refractivity contribution >= 4 is 28.4 Å². The minimum atomic E-state index is -0.118. The fourth-order valence-corrected chi connectivity index (χ4v) is 2.26. The lowest BCUT2D eigenvalue weighted by Crippen LogP contribution is -2.26. The third-order valence-electron chi connectivity index (χ3n) is 3.07. The van der Waals surface area contributed by atoms with Crippen LogP contribution in [0.3, 0.4) is 0 Å². The Labute approximate surface area is 112 Å². The molecule has 3 nitrogen and oxygen atoms in total. The predicted octanol–water partition coefficient (Wildman–Crippen LogP) is 2.38. The molecule has 0 aliphatic rings. The molecule has 0 saturated carbocycles. The van der Waals surface area contributed by atoms with Crippen LogP contribution in [0.1, 0.15) is 11.1 Å². The number of nitrogens with zero attached hydrogens (tertiary/aromatic N) is 1. The third-order valence-corrected chi connectivity index (χ3v) is 3.31. The summed E-state index contributed by atoms with van der Waals surface area (Å²) < 4.78 is 2.13. The van der Waals surface area contributed by atoms with E-state index in [1.807, 2.05) is 7.05 Å². The third kappa shape index (κ3) is 2.67. The van der Waals surface area contributed by atoms with Crippen molar-refractivity contribution in [3.63, 3.8) is 0 Å². The number of aryl methyl sites for hydroxylation is 2. The maximum atomic E-state index is 11.1. The lowest BCUT2D eigenvalue weighted by atomic mass is 10.1. The molecule has 18 heavy (non-hydrogen) atoms. The van der Waals surface area contributed by atoms with Crippen molar-refractivity contribution in [3.8, 4) is 0 Å². The number of hydrogen-bond acceptors (Lipinski definition) is 1. The van der Waals surface area contributed by atoms with Crippen LogP contribution in [0.15, 0.2) is 24.4 Å². The van der Waals surface area contributed by atoms with Crippen LogP contribution in [0.2, 0.25) is 0 Å². The van der Waals surface area contributed by atoms with E-state index < -0.39 is 0 Å². The summed E-state index contributed by atoms with van der Waals surface area (Å²) >= 11 is 5.43. The molecule has 0 aliphatic heterocycles. The van der Waals surface area contributed by atoms with Crippen LogP contribution < -0.4 is 5.32 Å². The molecule has 0 atom stereocenters. The summed E-state index contributed by atoms with van der Waals surface area (Å²) in [4.78, 5) is 11.1. The van der Waals surface area contributed by atoms with E-state index in [2.05, 4.69) is 41.2 Å². The van der Waals surface area contributed by atoms with Gasteiger partial charge in [-0.3, -0.25) is 4.79 Å². The topological polar surface area (TPSA) is 34.0 Å². The van der Waals surface area contributed by atoms with Crippen molar-refractivity contribution in [2.45, 2.75) is 13.3 Å². The number of amides is 1. The number of halogens is 1. The summed E-state index contributed by atoms with van der Waals surface area (Å²) in [6.07, 6.45) is 2.94. The molecule has 1 aromatic heterocycles. The van der Waals surface area contributed by atoms with Gasteiger partial charge in [-0.05, 0) is 30.5 Å². The van der Waals surface area contributed by atoms with Crippen molar-refractivity contribution in [1.29, 1.82) is 0 Å². The average molecular weight is 265 g/mol. The minimum Gasteiger partial charge on any atom is -0.355 e. The molecule has 0 aliphatic carbocycles. The van der Waals surface area contributed by atoms with E-state index in [0.717, 1.165) is 6.42 Å². The summed E-state index contributed by atoms with van der Waals surface area (Å²) in [5, 5.41) is 4.04. The highest BCUT2D eigenvalue weighted by molar-refractivity contribution is 6.27. The summed E-state index contributed by atoms with van der Waals surface area (Å²) in [6, 6.07) is 6.43. The summed E-state index contributed by atoms with van der Waals surface area (Å²) in [5.41, 5.74) is 3.74. The molecule has 1 heterocycles. The van der Waals surface area contributed by atoms with E-state index in [1.165, 1.54) is 22.0 Å². The zero-order valence-electron chi connectivity index (χ0n) is 10.7. The van der Waals surface area contributed by atoms with Gasteiger partial charge < -0.3 is 9.88 Å². The lowest BCUT2D eigenvalue weighted by Gasteiger charge is -2.02. The van der Waals surface area contributed by atoms with Crippen LogP contribution >= 0.6 is 11.6 Å². The van der Waals surface area contributed by atoms with Crippen molar-refractivity contribution < 1.29 is 4.79 Å². The van der Waals surface area contributed by atoms with Crippen molar-refractivity contribution in [2.24, 2.45) is 7.05 Å². The molecular weight excluding hydrogens is 248 g/mol. The van der Waals surface area contributed by atoms with Crippen LogP contribution in [0, 0.1) is 6.92 Å². The quantitative estimate of drug-likeness (QED) is 0.846. The predicted molar refractivity (Wildman–Crippen MR) is 75.1 cm³/mol. The Balaban J connectivity index is 2.16. The molecule has 1 N–H and O–H groups in total. The Bertz CT molecular complexity index is 574. The van der Waals surface area contributed by atoms with E-state index >= 15 is 0 Å². The smallest absolute Gasteiger partial charge is 0.234 e. The zero-order chi connectivity index (χ0) is 13.1. The van der Waals surface area contributed by atoms with E-state index in [4.69, 9.17) is 11.6 Å². The van der Waals surface area contributed by atoms with Gasteiger partial charge in [-0.2, -0.15) is 0 Å². The Morgan fingerprint density at radius 1 is 1.44 bits per heavy atom. The van der Waals surface area contributed by atoms with Gasteiger partial charge in [0.25, 0.3) is 0 Å². The first kappa shape index (κ1) is 13.0. The molecule has 0 radical (unpaired) electrons. The SMILES string of the molecule is Cc1ccc2c(CCNC(=O)CCl)cn(C)c2c1. The first-order valence-electron chi connectivity index (χ1n) is 5.99. The fraction of sp³-hybridized carbons (Fsp3) is 0.357. The molecule has 0 bridgehead atoms. The second kappa shape index (κ2) is 5.44. The van der Waals surface area contributed by atoms with E-state index in [9.17, 15) is 4.79 Å². The number of carbonyl (C=O) groups excluding carboxylic acids is 1. The molecule has 2 rings (SSSR count). The molecule has 1 amide bonds. The van der Waals surface area contributed by atoms with Gasteiger partial charge in [-0.25, -0.2) is 0 Å². The molecule has 0 saturated heterocycles. The monoisotopic (exact) mass is 264 g/mol. The number of nitrogens with one attached hydrogen (secondary N) is 1. The molecule has 0 unspecified atom stereocenters. The normalized spacial score (nSPS) is 10.8. The van der Waals surface area contributed by atoms with Gasteiger partial charge >= 0.3 is 0 Å².